The number of hydrogen-bond acceptors (Lipinski definition) is 3. The molecule has 6 heteroatoms. The summed E-state index contributed by atoms with van der Waals surface area (Å²) in [7, 11) is 1.84. The smallest absolute Gasteiger partial charge is 0.272 e. The molecule has 128 valence electrons. The van der Waals surface area contributed by atoms with Crippen molar-refractivity contribution in [3.05, 3.63) is 68.6 Å². The van der Waals surface area contributed by atoms with E-state index in [2.05, 4.69) is 15.9 Å². The van der Waals surface area contributed by atoms with Gasteiger partial charge in [0.2, 0.25) is 0 Å². The molecular weight excluding hydrogens is 398 g/mol. The number of aromatic nitrogens is 2. The highest BCUT2D eigenvalue weighted by molar-refractivity contribution is 9.11. The van der Waals surface area contributed by atoms with Gasteiger partial charge in [-0.2, -0.15) is 5.10 Å². The van der Waals surface area contributed by atoms with Gasteiger partial charge in [0.1, 0.15) is 5.69 Å². The number of hydrogen-bond donors (Lipinski definition) is 0. The second-order valence-corrected chi connectivity index (χ2v) is 8.89. The largest absolute Gasteiger partial charge is 0.335 e. The lowest BCUT2D eigenvalue weighted by atomic mass is 10.2. The highest BCUT2D eigenvalue weighted by atomic mass is 79.9. The number of para-hydroxylation sites is 1. The SMILES string of the molecule is CN(Cc1ccc(Br)s1)C(=O)c1cc(C2CC2)nn1-c1ccccc1. The summed E-state index contributed by atoms with van der Waals surface area (Å²) in [6, 6.07) is 15.9. The van der Waals surface area contributed by atoms with E-state index < -0.39 is 0 Å². The molecule has 0 radical (unpaired) electrons. The number of thiophene rings is 1. The van der Waals surface area contributed by atoms with Crippen LogP contribution in [0, 0.1) is 0 Å². The Morgan fingerprint density at radius 3 is 2.68 bits per heavy atom. The average Bonchev–Trinajstić information content (AvgIpc) is 3.25. The summed E-state index contributed by atoms with van der Waals surface area (Å²) in [5, 5.41) is 4.72. The zero-order valence-corrected chi connectivity index (χ0v) is 16.3. The lowest BCUT2D eigenvalue weighted by molar-refractivity contribution is 0.0777. The van der Waals surface area contributed by atoms with Gasteiger partial charge in [-0.15, -0.1) is 11.3 Å². The zero-order valence-electron chi connectivity index (χ0n) is 13.9. The topological polar surface area (TPSA) is 38.1 Å². The van der Waals surface area contributed by atoms with Crippen LogP contribution in [0.3, 0.4) is 0 Å². The van der Waals surface area contributed by atoms with E-state index >= 15 is 0 Å². The molecule has 4 nitrogen and oxygen atoms in total. The molecule has 1 fully saturated rings. The van der Waals surface area contributed by atoms with E-state index in [-0.39, 0.29) is 5.91 Å². The van der Waals surface area contributed by atoms with Crippen LogP contribution in [0.2, 0.25) is 0 Å². The van der Waals surface area contributed by atoms with Crippen molar-refractivity contribution in [2.75, 3.05) is 7.05 Å². The zero-order chi connectivity index (χ0) is 17.4. The van der Waals surface area contributed by atoms with E-state index in [1.54, 1.807) is 20.9 Å². The number of nitrogens with zero attached hydrogens (tertiary/aromatic N) is 3. The van der Waals surface area contributed by atoms with Crippen LogP contribution >= 0.6 is 27.3 Å². The maximum absolute atomic E-state index is 13.1. The van der Waals surface area contributed by atoms with Gasteiger partial charge >= 0.3 is 0 Å². The molecule has 1 saturated carbocycles. The predicted octanol–water partition coefficient (Wildman–Crippen LogP) is 4.85. The van der Waals surface area contributed by atoms with Gasteiger partial charge in [0, 0.05) is 17.8 Å². The molecule has 1 aliphatic carbocycles. The normalized spacial score (nSPS) is 13.8. The summed E-state index contributed by atoms with van der Waals surface area (Å²) >= 11 is 5.12. The molecule has 0 bridgehead atoms. The quantitative estimate of drug-likeness (QED) is 0.597. The molecule has 2 heterocycles. The predicted molar refractivity (Wildman–Crippen MR) is 103 cm³/mol. The first-order chi connectivity index (χ1) is 12.1. The van der Waals surface area contributed by atoms with E-state index in [1.165, 1.54) is 12.8 Å². The molecule has 0 N–H and O–H groups in total. The second kappa shape index (κ2) is 6.77. The summed E-state index contributed by atoms with van der Waals surface area (Å²) < 4.78 is 2.87. The van der Waals surface area contributed by atoms with Crippen LogP contribution < -0.4 is 0 Å². The fourth-order valence-corrected chi connectivity index (χ4v) is 4.37. The van der Waals surface area contributed by atoms with Gasteiger partial charge in [-0.05, 0) is 59.1 Å². The number of carbonyl (C=O) groups is 1. The van der Waals surface area contributed by atoms with Crippen molar-refractivity contribution in [3.63, 3.8) is 0 Å². The van der Waals surface area contributed by atoms with E-state index in [1.807, 2.05) is 55.6 Å². The molecule has 25 heavy (non-hydrogen) atoms. The van der Waals surface area contributed by atoms with Crippen molar-refractivity contribution < 1.29 is 4.79 Å². The molecule has 4 rings (SSSR count). The van der Waals surface area contributed by atoms with Crippen molar-refractivity contribution in [2.24, 2.45) is 0 Å². The van der Waals surface area contributed by atoms with Crippen LogP contribution in [0.25, 0.3) is 5.69 Å². The van der Waals surface area contributed by atoms with Gasteiger partial charge in [-0.25, -0.2) is 4.68 Å². The summed E-state index contributed by atoms with van der Waals surface area (Å²) in [5.74, 6) is 0.503. The minimum atomic E-state index is -0.00669. The third kappa shape index (κ3) is 3.55. The van der Waals surface area contributed by atoms with Crippen molar-refractivity contribution >= 4 is 33.2 Å². The molecular formula is C19H18BrN3OS. The average molecular weight is 416 g/mol. The highest BCUT2D eigenvalue weighted by Crippen LogP contribution is 2.40. The Bertz CT molecular complexity index is 899. The molecule has 3 aromatic rings. The van der Waals surface area contributed by atoms with E-state index in [0.29, 0.717) is 18.2 Å². The van der Waals surface area contributed by atoms with Gasteiger partial charge in [0.15, 0.2) is 0 Å². The maximum Gasteiger partial charge on any atom is 0.272 e. The Hall–Kier alpha value is -1.92. The molecule has 2 aromatic heterocycles. The lowest BCUT2D eigenvalue weighted by Gasteiger charge is -2.17. The fraction of sp³-hybridized carbons (Fsp3) is 0.263. The van der Waals surface area contributed by atoms with E-state index in [0.717, 1.165) is 20.0 Å². The second-order valence-electron chi connectivity index (χ2n) is 6.34. The molecule has 0 spiro atoms. The third-order valence-corrected chi connectivity index (χ3v) is 5.92. The first-order valence-electron chi connectivity index (χ1n) is 8.27. The molecule has 1 aromatic carbocycles. The number of benzene rings is 1. The number of carbonyl (C=O) groups excluding carboxylic acids is 1. The molecule has 1 aliphatic rings. The van der Waals surface area contributed by atoms with E-state index in [4.69, 9.17) is 5.10 Å². The lowest BCUT2D eigenvalue weighted by Crippen LogP contribution is -2.28. The van der Waals surface area contributed by atoms with Gasteiger partial charge in [-0.3, -0.25) is 4.79 Å². The van der Waals surface area contributed by atoms with E-state index in [9.17, 15) is 4.79 Å². The Labute approximate surface area is 159 Å². The fourth-order valence-electron chi connectivity index (χ4n) is 2.83. The van der Waals surface area contributed by atoms with Gasteiger partial charge in [0.25, 0.3) is 5.91 Å². The van der Waals surface area contributed by atoms with Crippen LogP contribution in [0.1, 0.15) is 39.8 Å². The standard InChI is InChI=1S/C19H18BrN3OS/c1-22(12-15-9-10-18(20)25-15)19(24)17-11-16(13-7-8-13)21-23(17)14-5-3-2-4-6-14/h2-6,9-11,13H,7-8,12H2,1H3. The third-order valence-electron chi connectivity index (χ3n) is 4.31. The Morgan fingerprint density at radius 1 is 1.28 bits per heavy atom. The van der Waals surface area contributed by atoms with Crippen molar-refractivity contribution in [2.45, 2.75) is 25.3 Å². The summed E-state index contributed by atoms with van der Waals surface area (Å²) in [5.41, 5.74) is 2.58. The van der Waals surface area contributed by atoms with Gasteiger partial charge in [0.05, 0.1) is 21.7 Å². The molecule has 0 aliphatic heterocycles. The Morgan fingerprint density at radius 2 is 2.04 bits per heavy atom. The summed E-state index contributed by atoms with van der Waals surface area (Å²) in [6.07, 6.45) is 2.33. The van der Waals surface area contributed by atoms with Crippen molar-refractivity contribution in [1.29, 1.82) is 0 Å². The summed E-state index contributed by atoms with van der Waals surface area (Å²) in [4.78, 5) is 16.0. The van der Waals surface area contributed by atoms with Crippen LogP contribution in [0.15, 0.2) is 52.3 Å². The first kappa shape index (κ1) is 16.5. The molecule has 0 saturated heterocycles. The Balaban J connectivity index is 1.64. The van der Waals surface area contributed by atoms with Crippen LogP contribution in [0.5, 0.6) is 0 Å². The first-order valence-corrected chi connectivity index (χ1v) is 9.88. The monoisotopic (exact) mass is 415 g/mol. The van der Waals surface area contributed by atoms with Gasteiger partial charge in [-0.1, -0.05) is 18.2 Å². The number of halogens is 1. The Kier molecular flexibility index (Phi) is 4.48. The maximum atomic E-state index is 13.1. The molecule has 0 unspecified atom stereocenters. The minimum absolute atomic E-state index is 0.00669. The van der Waals surface area contributed by atoms with Crippen molar-refractivity contribution in [3.8, 4) is 5.69 Å². The highest BCUT2D eigenvalue weighted by Gasteiger charge is 2.29. The summed E-state index contributed by atoms with van der Waals surface area (Å²) in [6.45, 7) is 0.591. The number of amides is 1. The van der Waals surface area contributed by atoms with Crippen LogP contribution in [0.4, 0.5) is 0 Å². The van der Waals surface area contributed by atoms with Gasteiger partial charge < -0.3 is 4.90 Å². The van der Waals surface area contributed by atoms with Crippen molar-refractivity contribution in [1.82, 2.24) is 14.7 Å². The minimum Gasteiger partial charge on any atom is -0.335 e. The molecule has 0 atom stereocenters. The van der Waals surface area contributed by atoms with Crippen LogP contribution in [-0.2, 0) is 6.54 Å². The number of rotatable bonds is 5. The molecule has 1 amide bonds. The van der Waals surface area contributed by atoms with Crippen LogP contribution in [-0.4, -0.2) is 27.6 Å².